The molecule has 0 unspecified atom stereocenters. The van der Waals surface area contributed by atoms with Crippen molar-refractivity contribution < 1.29 is 22.8 Å². The smallest absolute Gasteiger partial charge is 0.369 e. The molecule has 0 spiro atoms. The molecule has 10 heteroatoms. The largest absolute Gasteiger partial charge is 0.416 e. The van der Waals surface area contributed by atoms with Crippen molar-refractivity contribution >= 4 is 28.3 Å². The van der Waals surface area contributed by atoms with Gasteiger partial charge in [-0.05, 0) is 69.2 Å². The van der Waals surface area contributed by atoms with Crippen LogP contribution in [0, 0.1) is 0 Å². The summed E-state index contributed by atoms with van der Waals surface area (Å²) in [7, 11) is 3.91. The van der Waals surface area contributed by atoms with Crippen LogP contribution in [0.25, 0.3) is 10.8 Å². The van der Waals surface area contributed by atoms with E-state index < -0.39 is 11.7 Å². The molecule has 1 amide bonds. The highest BCUT2D eigenvalue weighted by molar-refractivity contribution is 5.99. The number of alkyl halides is 3. The van der Waals surface area contributed by atoms with Crippen molar-refractivity contribution in [3.8, 4) is 0 Å². The SMILES string of the molecule is CN(C)CCNC(=O)c1ccc2cn(C(=O)CCCCCN3CCN(c4cccc(C(F)(F)F)c4)CC3)cc2c1. The zero-order valence-corrected chi connectivity index (χ0v) is 23.2. The summed E-state index contributed by atoms with van der Waals surface area (Å²) in [5.41, 5.74) is 0.579. The minimum atomic E-state index is -4.33. The molecular weight excluding hydrogens is 519 g/mol. The maximum absolute atomic E-state index is 13.0. The maximum Gasteiger partial charge on any atom is 0.416 e. The van der Waals surface area contributed by atoms with Crippen LogP contribution >= 0.6 is 0 Å². The van der Waals surface area contributed by atoms with E-state index in [-0.39, 0.29) is 11.8 Å². The Labute approximate surface area is 233 Å². The molecule has 2 aromatic carbocycles. The lowest BCUT2D eigenvalue weighted by molar-refractivity contribution is -0.137. The van der Waals surface area contributed by atoms with Gasteiger partial charge in [0.15, 0.2) is 0 Å². The zero-order valence-electron chi connectivity index (χ0n) is 23.2. The van der Waals surface area contributed by atoms with E-state index in [2.05, 4.69) is 10.2 Å². The number of unbranched alkanes of at least 4 members (excludes halogenated alkanes) is 2. The summed E-state index contributed by atoms with van der Waals surface area (Å²) in [6, 6.07) is 11.0. The number of hydrogen-bond acceptors (Lipinski definition) is 5. The predicted octanol–water partition coefficient (Wildman–Crippen LogP) is 4.97. The summed E-state index contributed by atoms with van der Waals surface area (Å²) in [6.07, 6.45) is 2.41. The first-order chi connectivity index (χ1) is 19.1. The number of amides is 1. The van der Waals surface area contributed by atoms with Crippen LogP contribution in [-0.4, -0.2) is 86.1 Å². The monoisotopic (exact) mass is 557 g/mol. The summed E-state index contributed by atoms with van der Waals surface area (Å²) in [5.74, 6) is -0.0946. The first kappa shape index (κ1) is 29.6. The number of likely N-dealkylation sites (N-methyl/N-ethyl adjacent to an activating group) is 1. The number of carbonyl (C=O) groups is 2. The van der Waals surface area contributed by atoms with Gasteiger partial charge in [0.05, 0.1) is 5.56 Å². The summed E-state index contributed by atoms with van der Waals surface area (Å²) in [4.78, 5) is 31.5. The number of anilines is 1. The summed E-state index contributed by atoms with van der Waals surface area (Å²) >= 11 is 0. The predicted molar refractivity (Wildman–Crippen MR) is 152 cm³/mol. The molecular formula is C30H38F3N5O2. The molecule has 0 aliphatic carbocycles. The third kappa shape index (κ3) is 8.08. The fourth-order valence-corrected chi connectivity index (χ4v) is 4.95. The van der Waals surface area contributed by atoms with Gasteiger partial charge in [-0.15, -0.1) is 0 Å². The van der Waals surface area contributed by atoms with Gasteiger partial charge >= 0.3 is 6.18 Å². The number of benzene rings is 2. The van der Waals surface area contributed by atoms with E-state index in [9.17, 15) is 22.8 Å². The number of hydrogen-bond donors (Lipinski definition) is 1. The number of rotatable bonds is 11. The van der Waals surface area contributed by atoms with Crippen LogP contribution in [0.15, 0.2) is 54.9 Å². The molecule has 1 fully saturated rings. The number of aromatic nitrogens is 1. The Balaban J connectivity index is 1.16. The fraction of sp³-hybridized carbons (Fsp3) is 0.467. The third-order valence-electron chi connectivity index (χ3n) is 7.31. The summed E-state index contributed by atoms with van der Waals surface area (Å²) in [6.45, 7) is 5.25. The van der Waals surface area contributed by atoms with Gasteiger partial charge in [0, 0.05) is 74.7 Å². The minimum Gasteiger partial charge on any atom is -0.369 e. The molecule has 3 aromatic rings. The van der Waals surface area contributed by atoms with E-state index in [1.54, 1.807) is 22.9 Å². The molecule has 0 bridgehead atoms. The number of fused-ring (bicyclic) bond motifs is 1. The Hall–Kier alpha value is -3.37. The topological polar surface area (TPSA) is 60.8 Å². The Kier molecular flexibility index (Phi) is 9.86. The molecule has 1 saturated heterocycles. The normalized spacial score (nSPS) is 14.7. The highest BCUT2D eigenvalue weighted by Crippen LogP contribution is 2.32. The Morgan fingerprint density at radius 1 is 0.925 bits per heavy atom. The second-order valence-corrected chi connectivity index (χ2v) is 10.6. The van der Waals surface area contributed by atoms with Crippen LogP contribution in [0.4, 0.5) is 18.9 Å². The van der Waals surface area contributed by atoms with Crippen LogP contribution in [-0.2, 0) is 6.18 Å². The second-order valence-electron chi connectivity index (χ2n) is 10.6. The van der Waals surface area contributed by atoms with E-state index in [0.29, 0.717) is 37.3 Å². The number of piperazine rings is 1. The van der Waals surface area contributed by atoms with Gasteiger partial charge in [0.2, 0.25) is 5.91 Å². The first-order valence-electron chi connectivity index (χ1n) is 13.8. The first-order valence-corrected chi connectivity index (χ1v) is 13.8. The lowest BCUT2D eigenvalue weighted by Gasteiger charge is -2.36. The highest BCUT2D eigenvalue weighted by Gasteiger charge is 2.31. The van der Waals surface area contributed by atoms with Crippen molar-refractivity contribution in [1.29, 1.82) is 0 Å². The van der Waals surface area contributed by atoms with Gasteiger partial charge in [0.1, 0.15) is 0 Å². The fourth-order valence-electron chi connectivity index (χ4n) is 4.95. The van der Waals surface area contributed by atoms with E-state index in [0.717, 1.165) is 62.3 Å². The number of nitrogens with one attached hydrogen (secondary N) is 1. The van der Waals surface area contributed by atoms with Gasteiger partial charge < -0.3 is 15.1 Å². The number of nitrogens with zero attached hydrogens (tertiary/aromatic N) is 4. The van der Waals surface area contributed by atoms with Crippen LogP contribution < -0.4 is 10.2 Å². The summed E-state index contributed by atoms with van der Waals surface area (Å²) < 4.78 is 40.7. The quantitative estimate of drug-likeness (QED) is 0.337. The number of halogens is 3. The van der Waals surface area contributed by atoms with E-state index in [1.165, 1.54) is 12.1 Å². The van der Waals surface area contributed by atoms with Gasteiger partial charge in [-0.3, -0.25) is 19.1 Å². The van der Waals surface area contributed by atoms with E-state index in [4.69, 9.17) is 0 Å². The van der Waals surface area contributed by atoms with Crippen molar-refractivity contribution in [3.05, 3.63) is 66.0 Å². The molecule has 4 rings (SSSR count). The second kappa shape index (κ2) is 13.3. The molecule has 0 radical (unpaired) electrons. The molecule has 216 valence electrons. The highest BCUT2D eigenvalue weighted by atomic mass is 19.4. The average molecular weight is 558 g/mol. The Bertz CT molecular complexity index is 1300. The molecule has 1 aliphatic heterocycles. The van der Waals surface area contributed by atoms with Crippen LogP contribution in [0.5, 0.6) is 0 Å². The summed E-state index contributed by atoms with van der Waals surface area (Å²) in [5, 5.41) is 4.69. The van der Waals surface area contributed by atoms with Gasteiger partial charge in [-0.2, -0.15) is 13.2 Å². The van der Waals surface area contributed by atoms with E-state index in [1.807, 2.05) is 42.2 Å². The Morgan fingerprint density at radius 2 is 1.68 bits per heavy atom. The van der Waals surface area contributed by atoms with Crippen LogP contribution in [0.3, 0.4) is 0 Å². The molecule has 0 atom stereocenters. The molecule has 7 nitrogen and oxygen atoms in total. The van der Waals surface area contributed by atoms with Crippen LogP contribution in [0.2, 0.25) is 0 Å². The van der Waals surface area contributed by atoms with Crippen molar-refractivity contribution in [1.82, 2.24) is 19.7 Å². The van der Waals surface area contributed by atoms with Gasteiger partial charge in [-0.25, -0.2) is 0 Å². The Morgan fingerprint density at radius 3 is 2.40 bits per heavy atom. The zero-order chi connectivity index (χ0) is 28.7. The standard InChI is InChI=1S/C30H38F3N5O2/c1-35(2)14-12-34-29(40)23-10-11-24-21-38(22-25(24)19-23)28(39)9-4-3-5-13-36-15-17-37(18-16-36)27-8-6-7-26(20-27)30(31,32)33/h6-8,10-11,19-22H,3-5,9,12-18H2,1-2H3,(H,34,40). The van der Waals surface area contributed by atoms with Gasteiger partial charge in [0.25, 0.3) is 5.91 Å². The molecule has 1 aromatic heterocycles. The maximum atomic E-state index is 13.0. The molecule has 1 aliphatic rings. The van der Waals surface area contributed by atoms with Crippen molar-refractivity contribution in [2.24, 2.45) is 0 Å². The van der Waals surface area contributed by atoms with Crippen molar-refractivity contribution in [2.75, 3.05) is 64.8 Å². The lowest BCUT2D eigenvalue weighted by atomic mass is 10.1. The van der Waals surface area contributed by atoms with E-state index >= 15 is 0 Å². The van der Waals surface area contributed by atoms with Gasteiger partial charge in [-0.1, -0.05) is 18.6 Å². The van der Waals surface area contributed by atoms with Crippen molar-refractivity contribution in [2.45, 2.75) is 31.9 Å². The van der Waals surface area contributed by atoms with Crippen molar-refractivity contribution in [3.63, 3.8) is 0 Å². The number of carbonyl (C=O) groups excluding carboxylic acids is 2. The average Bonchev–Trinajstić information content (AvgIpc) is 3.36. The lowest BCUT2D eigenvalue weighted by Crippen LogP contribution is -2.46. The third-order valence-corrected chi connectivity index (χ3v) is 7.31. The molecule has 2 heterocycles. The molecule has 0 saturated carbocycles. The van der Waals surface area contributed by atoms with Crippen LogP contribution in [0.1, 0.15) is 46.4 Å². The molecule has 40 heavy (non-hydrogen) atoms. The minimum absolute atomic E-state index is 0.0305. The molecule has 1 N–H and O–H groups in total.